The van der Waals surface area contributed by atoms with Crippen molar-refractivity contribution in [3.8, 4) is 0 Å². The molecule has 2 N–H and O–H groups in total. The van der Waals surface area contributed by atoms with Gasteiger partial charge in [0.2, 0.25) is 16.8 Å². The summed E-state index contributed by atoms with van der Waals surface area (Å²) in [5, 5.41) is 11.3. The number of sulfonamides is 1. The number of amides is 1. The van der Waals surface area contributed by atoms with E-state index in [0.29, 0.717) is 18.8 Å². The first-order valence-electron chi connectivity index (χ1n) is 8.82. The maximum atomic E-state index is 12.8. The quantitative estimate of drug-likeness (QED) is 0.706. The van der Waals surface area contributed by atoms with E-state index in [1.54, 1.807) is 0 Å². The zero-order valence-corrected chi connectivity index (χ0v) is 16.1. The largest absolute Gasteiger partial charge is 0.475 e. The number of aromatic carboxylic acids is 1. The van der Waals surface area contributed by atoms with Gasteiger partial charge in [-0.25, -0.2) is 13.2 Å². The summed E-state index contributed by atoms with van der Waals surface area (Å²) in [6.07, 6.45) is 2.81. The van der Waals surface area contributed by atoms with Gasteiger partial charge >= 0.3 is 5.97 Å². The first kappa shape index (κ1) is 20.4. The van der Waals surface area contributed by atoms with Gasteiger partial charge in [0, 0.05) is 12.6 Å². The average Bonchev–Trinajstić information content (AvgIpc) is 3.24. The molecular formula is C17H26N2O6S. The minimum atomic E-state index is -4.07. The van der Waals surface area contributed by atoms with Crippen molar-refractivity contribution in [3.05, 3.63) is 17.9 Å². The van der Waals surface area contributed by atoms with Crippen LogP contribution in [-0.4, -0.2) is 48.3 Å². The first-order valence-corrected chi connectivity index (χ1v) is 10.3. The molecular weight excluding hydrogens is 360 g/mol. The van der Waals surface area contributed by atoms with Crippen LogP contribution in [0.5, 0.6) is 0 Å². The molecule has 1 aliphatic heterocycles. The van der Waals surface area contributed by atoms with Crippen LogP contribution >= 0.6 is 0 Å². The Hall–Kier alpha value is -1.87. The first-order chi connectivity index (χ1) is 12.2. The van der Waals surface area contributed by atoms with Gasteiger partial charge in [-0.05, 0) is 44.2 Å². The molecule has 3 atom stereocenters. The maximum absolute atomic E-state index is 12.8. The number of nitrogens with zero attached hydrogens (tertiary/aromatic N) is 1. The van der Waals surface area contributed by atoms with Crippen molar-refractivity contribution >= 4 is 21.9 Å². The molecule has 2 rings (SSSR count). The van der Waals surface area contributed by atoms with Crippen molar-refractivity contribution < 1.29 is 27.5 Å². The van der Waals surface area contributed by atoms with Crippen LogP contribution in [0.25, 0.3) is 0 Å². The van der Waals surface area contributed by atoms with Crippen LogP contribution in [0.2, 0.25) is 0 Å². The fourth-order valence-corrected chi connectivity index (χ4v) is 4.72. The number of furan rings is 1. The minimum Gasteiger partial charge on any atom is -0.475 e. The van der Waals surface area contributed by atoms with E-state index in [-0.39, 0.29) is 18.5 Å². The summed E-state index contributed by atoms with van der Waals surface area (Å²) in [7, 11) is -4.07. The van der Waals surface area contributed by atoms with Gasteiger partial charge in [0.05, 0.1) is 0 Å². The smallest absolute Gasteiger partial charge is 0.371 e. The van der Waals surface area contributed by atoms with Crippen molar-refractivity contribution in [1.82, 2.24) is 9.62 Å². The number of hydrogen-bond donors (Lipinski definition) is 2. The van der Waals surface area contributed by atoms with Gasteiger partial charge in [0.15, 0.2) is 0 Å². The second kappa shape index (κ2) is 8.22. The van der Waals surface area contributed by atoms with Crippen LogP contribution < -0.4 is 5.32 Å². The highest BCUT2D eigenvalue weighted by atomic mass is 32.2. The molecule has 146 valence electrons. The van der Waals surface area contributed by atoms with E-state index in [9.17, 15) is 18.0 Å². The van der Waals surface area contributed by atoms with Crippen molar-refractivity contribution in [1.29, 1.82) is 0 Å². The van der Waals surface area contributed by atoms with E-state index in [0.717, 1.165) is 29.3 Å². The highest BCUT2D eigenvalue weighted by Crippen LogP contribution is 2.27. The highest BCUT2D eigenvalue weighted by molar-refractivity contribution is 7.89. The molecule has 8 nitrogen and oxygen atoms in total. The summed E-state index contributed by atoms with van der Waals surface area (Å²) in [6, 6.07) is 1.34. The van der Waals surface area contributed by atoms with Crippen LogP contribution in [0.4, 0.5) is 0 Å². The molecule has 0 spiro atoms. The molecule has 1 aliphatic rings. The maximum Gasteiger partial charge on any atom is 0.371 e. The van der Waals surface area contributed by atoms with Gasteiger partial charge < -0.3 is 14.8 Å². The Labute approximate surface area is 153 Å². The summed E-state index contributed by atoms with van der Waals surface area (Å²) in [5.41, 5.74) is 0. The van der Waals surface area contributed by atoms with E-state index < -0.39 is 32.9 Å². The number of carboxylic acid groups (broad SMARTS) is 1. The standard InChI is InChI=1S/C17H26N2O6S/c1-4-11(2)10-12(3)18-16(20)13-6-5-9-19(13)26(23,24)15-8-7-14(25-15)17(21)22/h7-8,11-13H,4-6,9-10H2,1-3H3,(H,18,20)(H,21,22). The molecule has 2 heterocycles. The molecule has 0 saturated carbocycles. The second-order valence-corrected chi connectivity index (χ2v) is 8.68. The van der Waals surface area contributed by atoms with E-state index >= 15 is 0 Å². The Balaban J connectivity index is 2.12. The fraction of sp³-hybridized carbons (Fsp3) is 0.647. The van der Waals surface area contributed by atoms with Crippen LogP contribution in [0.15, 0.2) is 21.6 Å². The molecule has 0 bridgehead atoms. The van der Waals surface area contributed by atoms with Gasteiger partial charge in [-0.1, -0.05) is 20.3 Å². The molecule has 1 aromatic heterocycles. The summed E-state index contributed by atoms with van der Waals surface area (Å²) in [6.45, 7) is 6.29. The lowest BCUT2D eigenvalue weighted by molar-refractivity contribution is -0.124. The van der Waals surface area contributed by atoms with Crippen molar-refractivity contribution in [3.63, 3.8) is 0 Å². The topological polar surface area (TPSA) is 117 Å². The van der Waals surface area contributed by atoms with Crippen molar-refractivity contribution in [2.75, 3.05) is 6.54 Å². The molecule has 0 aliphatic carbocycles. The molecule has 26 heavy (non-hydrogen) atoms. The lowest BCUT2D eigenvalue weighted by Gasteiger charge is -2.25. The summed E-state index contributed by atoms with van der Waals surface area (Å²) in [5.74, 6) is -1.66. The number of carboxylic acids is 1. The number of carbonyl (C=O) groups excluding carboxylic acids is 1. The van der Waals surface area contributed by atoms with Gasteiger partial charge in [-0.15, -0.1) is 0 Å². The summed E-state index contributed by atoms with van der Waals surface area (Å²) < 4.78 is 31.5. The number of hydrogen-bond acceptors (Lipinski definition) is 5. The Morgan fingerprint density at radius 2 is 2.08 bits per heavy atom. The van der Waals surface area contributed by atoms with Crippen LogP contribution in [-0.2, 0) is 14.8 Å². The molecule has 1 fully saturated rings. The van der Waals surface area contributed by atoms with Gasteiger partial charge in [-0.3, -0.25) is 4.79 Å². The number of rotatable bonds is 8. The zero-order chi connectivity index (χ0) is 19.5. The molecule has 1 aromatic rings. The summed E-state index contributed by atoms with van der Waals surface area (Å²) in [4.78, 5) is 23.5. The Kier molecular flexibility index (Phi) is 6.46. The summed E-state index contributed by atoms with van der Waals surface area (Å²) >= 11 is 0. The van der Waals surface area contributed by atoms with Crippen LogP contribution in [0.1, 0.15) is 57.0 Å². The van der Waals surface area contributed by atoms with Gasteiger partial charge in [0.1, 0.15) is 6.04 Å². The SMILES string of the molecule is CCC(C)CC(C)NC(=O)C1CCCN1S(=O)(=O)c1ccc(C(=O)O)o1. The third-order valence-corrected chi connectivity index (χ3v) is 6.49. The van der Waals surface area contributed by atoms with Crippen molar-refractivity contribution in [2.45, 2.75) is 63.6 Å². The predicted molar refractivity (Wildman–Crippen MR) is 94.3 cm³/mol. The monoisotopic (exact) mass is 386 g/mol. The van der Waals surface area contributed by atoms with Crippen LogP contribution in [0, 0.1) is 5.92 Å². The van der Waals surface area contributed by atoms with E-state index in [2.05, 4.69) is 19.2 Å². The van der Waals surface area contributed by atoms with E-state index in [4.69, 9.17) is 9.52 Å². The fourth-order valence-electron chi connectivity index (χ4n) is 3.15. The normalized spacial score (nSPS) is 20.7. The minimum absolute atomic E-state index is 0.0511. The highest BCUT2D eigenvalue weighted by Gasteiger charge is 2.41. The molecule has 9 heteroatoms. The Morgan fingerprint density at radius 1 is 1.38 bits per heavy atom. The molecule has 1 saturated heterocycles. The Bertz CT molecular complexity index is 757. The van der Waals surface area contributed by atoms with Crippen molar-refractivity contribution in [2.24, 2.45) is 5.92 Å². The van der Waals surface area contributed by atoms with E-state index in [1.165, 1.54) is 0 Å². The zero-order valence-electron chi connectivity index (χ0n) is 15.3. The molecule has 1 amide bonds. The van der Waals surface area contributed by atoms with Gasteiger partial charge in [-0.2, -0.15) is 4.31 Å². The molecule has 3 unspecified atom stereocenters. The third kappa shape index (κ3) is 4.45. The lowest BCUT2D eigenvalue weighted by Crippen LogP contribution is -2.48. The third-order valence-electron chi connectivity index (χ3n) is 4.70. The number of carbonyl (C=O) groups is 2. The lowest BCUT2D eigenvalue weighted by atomic mass is 10.00. The molecule has 0 aromatic carbocycles. The predicted octanol–water partition coefficient (Wildman–Crippen LogP) is 2.07. The average molecular weight is 386 g/mol. The van der Waals surface area contributed by atoms with Crippen LogP contribution in [0.3, 0.4) is 0 Å². The molecule has 0 radical (unpaired) electrons. The van der Waals surface area contributed by atoms with E-state index in [1.807, 2.05) is 6.92 Å². The van der Waals surface area contributed by atoms with Gasteiger partial charge in [0.25, 0.3) is 10.0 Å². The number of nitrogens with one attached hydrogen (secondary N) is 1. The second-order valence-electron chi connectivity index (χ2n) is 6.86. The Morgan fingerprint density at radius 3 is 2.65 bits per heavy atom.